The summed E-state index contributed by atoms with van der Waals surface area (Å²) < 4.78 is 10.7. The van der Waals surface area contributed by atoms with Crippen molar-refractivity contribution in [2.75, 3.05) is 33.9 Å². The van der Waals surface area contributed by atoms with Gasteiger partial charge in [0.2, 0.25) is 0 Å². The minimum absolute atomic E-state index is 0.584. The molecule has 0 spiro atoms. The molecule has 5 nitrogen and oxygen atoms in total. The third kappa shape index (κ3) is 6.31. The number of guanidine groups is 1. The molecule has 5 heteroatoms. The minimum atomic E-state index is 0.584. The van der Waals surface area contributed by atoms with Crippen molar-refractivity contribution in [1.29, 1.82) is 0 Å². The molecule has 0 atom stereocenters. The molecule has 0 aliphatic rings. The van der Waals surface area contributed by atoms with Gasteiger partial charge in [0, 0.05) is 13.6 Å². The van der Waals surface area contributed by atoms with Crippen molar-refractivity contribution in [1.82, 2.24) is 10.6 Å². The van der Waals surface area contributed by atoms with E-state index in [2.05, 4.69) is 22.5 Å². The quantitative estimate of drug-likeness (QED) is 0.434. The fraction of sp³-hybridized carbons (Fsp3) is 0.533. The van der Waals surface area contributed by atoms with Gasteiger partial charge >= 0.3 is 0 Å². The topological polar surface area (TPSA) is 54.9 Å². The number of benzene rings is 1. The number of aliphatic imine (C=N–C) groups is 1. The van der Waals surface area contributed by atoms with Crippen LogP contribution in [0, 0.1) is 0 Å². The van der Waals surface area contributed by atoms with Crippen molar-refractivity contribution >= 4 is 5.96 Å². The first-order valence-corrected chi connectivity index (χ1v) is 7.01. The zero-order chi connectivity index (χ0) is 14.6. The Morgan fingerprint density at radius 1 is 1.10 bits per heavy atom. The molecule has 0 aliphatic heterocycles. The first-order valence-electron chi connectivity index (χ1n) is 7.01. The highest BCUT2D eigenvalue weighted by Crippen LogP contribution is 2.16. The van der Waals surface area contributed by atoms with Gasteiger partial charge in [0.1, 0.15) is 18.1 Å². The normalized spacial score (nSPS) is 11.1. The monoisotopic (exact) mass is 279 g/mol. The maximum Gasteiger partial charge on any atom is 0.191 e. The van der Waals surface area contributed by atoms with E-state index in [4.69, 9.17) is 9.47 Å². The predicted molar refractivity (Wildman–Crippen MR) is 82.8 cm³/mol. The highest BCUT2D eigenvalue weighted by atomic mass is 16.5. The van der Waals surface area contributed by atoms with E-state index in [-0.39, 0.29) is 0 Å². The molecule has 0 aromatic heterocycles. The summed E-state index contributed by atoms with van der Waals surface area (Å²) in [7, 11) is 3.42. The number of unbranched alkanes of at least 4 members (excludes halogenated alkanes) is 1. The summed E-state index contributed by atoms with van der Waals surface area (Å²) in [5.41, 5.74) is 0. The van der Waals surface area contributed by atoms with Crippen LogP contribution in [0.1, 0.15) is 19.8 Å². The van der Waals surface area contributed by atoms with E-state index in [1.807, 2.05) is 24.3 Å². The molecule has 0 heterocycles. The third-order valence-electron chi connectivity index (χ3n) is 2.77. The second-order valence-electron chi connectivity index (χ2n) is 4.30. The van der Waals surface area contributed by atoms with Crippen molar-refractivity contribution in [3.63, 3.8) is 0 Å². The molecule has 1 aromatic carbocycles. The largest absolute Gasteiger partial charge is 0.497 e. The van der Waals surface area contributed by atoms with Gasteiger partial charge in [0.25, 0.3) is 0 Å². The van der Waals surface area contributed by atoms with Gasteiger partial charge in [-0.1, -0.05) is 13.3 Å². The van der Waals surface area contributed by atoms with Gasteiger partial charge in [-0.25, -0.2) is 0 Å². The van der Waals surface area contributed by atoms with Gasteiger partial charge in [0.15, 0.2) is 5.96 Å². The van der Waals surface area contributed by atoms with Crippen LogP contribution in [0.15, 0.2) is 29.3 Å². The van der Waals surface area contributed by atoms with Crippen molar-refractivity contribution < 1.29 is 9.47 Å². The molecule has 1 aromatic rings. The van der Waals surface area contributed by atoms with Crippen LogP contribution in [0.4, 0.5) is 0 Å². The third-order valence-corrected chi connectivity index (χ3v) is 2.77. The van der Waals surface area contributed by atoms with E-state index in [0.29, 0.717) is 13.2 Å². The molecular formula is C15H25N3O2. The smallest absolute Gasteiger partial charge is 0.191 e. The van der Waals surface area contributed by atoms with Crippen molar-refractivity contribution in [3.8, 4) is 11.5 Å². The van der Waals surface area contributed by atoms with E-state index in [1.54, 1.807) is 14.2 Å². The molecule has 0 saturated heterocycles. The lowest BCUT2D eigenvalue weighted by molar-refractivity contribution is 0.321. The van der Waals surface area contributed by atoms with Crippen molar-refractivity contribution in [3.05, 3.63) is 24.3 Å². The Kier molecular flexibility index (Phi) is 8.03. The Morgan fingerprint density at radius 3 is 2.35 bits per heavy atom. The summed E-state index contributed by atoms with van der Waals surface area (Å²) in [5.74, 6) is 2.48. The summed E-state index contributed by atoms with van der Waals surface area (Å²) >= 11 is 0. The Balaban J connectivity index is 2.19. The second kappa shape index (κ2) is 9.95. The summed E-state index contributed by atoms with van der Waals surface area (Å²) in [4.78, 5) is 4.15. The van der Waals surface area contributed by atoms with Gasteiger partial charge in [0.05, 0.1) is 13.7 Å². The Bertz CT molecular complexity index is 391. The zero-order valence-electron chi connectivity index (χ0n) is 12.6. The number of nitrogens with zero attached hydrogens (tertiary/aromatic N) is 1. The highest BCUT2D eigenvalue weighted by Gasteiger charge is 1.97. The van der Waals surface area contributed by atoms with Crippen LogP contribution in [0.5, 0.6) is 11.5 Å². The van der Waals surface area contributed by atoms with Gasteiger partial charge in [-0.15, -0.1) is 0 Å². The lowest BCUT2D eigenvalue weighted by Gasteiger charge is -2.12. The van der Waals surface area contributed by atoms with E-state index < -0.39 is 0 Å². The molecule has 0 saturated carbocycles. The molecule has 1 rings (SSSR count). The first kappa shape index (κ1) is 16.1. The van der Waals surface area contributed by atoms with Crippen LogP contribution >= 0.6 is 0 Å². The van der Waals surface area contributed by atoms with Gasteiger partial charge < -0.3 is 20.1 Å². The van der Waals surface area contributed by atoms with Crippen LogP contribution in [0.3, 0.4) is 0 Å². The van der Waals surface area contributed by atoms with Gasteiger partial charge in [-0.2, -0.15) is 0 Å². The Morgan fingerprint density at radius 2 is 1.75 bits per heavy atom. The van der Waals surface area contributed by atoms with Crippen LogP contribution in [0.2, 0.25) is 0 Å². The van der Waals surface area contributed by atoms with E-state index in [9.17, 15) is 0 Å². The summed E-state index contributed by atoms with van der Waals surface area (Å²) in [6.07, 6.45) is 2.31. The Hall–Kier alpha value is -1.91. The summed E-state index contributed by atoms with van der Waals surface area (Å²) in [5, 5.41) is 6.46. The number of rotatable bonds is 8. The minimum Gasteiger partial charge on any atom is -0.497 e. The molecule has 0 unspecified atom stereocenters. The maximum absolute atomic E-state index is 5.63. The number of nitrogens with one attached hydrogen (secondary N) is 2. The standard InChI is InChI=1S/C15H25N3O2/c1-4-5-10-17-15(16-2)18-11-12-20-14-8-6-13(19-3)7-9-14/h6-9H,4-5,10-12H2,1-3H3,(H2,16,17,18). The number of hydrogen-bond acceptors (Lipinski definition) is 3. The number of methoxy groups -OCH3 is 1. The number of ether oxygens (including phenoxy) is 2. The molecule has 112 valence electrons. The summed E-state index contributed by atoms with van der Waals surface area (Å²) in [6.45, 7) is 4.40. The average molecular weight is 279 g/mol. The maximum atomic E-state index is 5.63. The molecular weight excluding hydrogens is 254 g/mol. The highest BCUT2D eigenvalue weighted by molar-refractivity contribution is 5.79. The fourth-order valence-corrected chi connectivity index (χ4v) is 1.61. The average Bonchev–Trinajstić information content (AvgIpc) is 2.50. The molecule has 0 fully saturated rings. The molecule has 0 radical (unpaired) electrons. The summed E-state index contributed by atoms with van der Waals surface area (Å²) in [6, 6.07) is 7.56. The lowest BCUT2D eigenvalue weighted by atomic mass is 10.3. The van der Waals surface area contributed by atoms with Crippen LogP contribution in [-0.4, -0.2) is 39.8 Å². The molecule has 0 aliphatic carbocycles. The van der Waals surface area contributed by atoms with Crippen LogP contribution < -0.4 is 20.1 Å². The SMILES string of the molecule is CCCCNC(=NC)NCCOc1ccc(OC)cc1. The molecule has 20 heavy (non-hydrogen) atoms. The molecule has 0 amide bonds. The number of hydrogen-bond donors (Lipinski definition) is 2. The van der Waals surface area contributed by atoms with E-state index in [1.165, 1.54) is 6.42 Å². The van der Waals surface area contributed by atoms with E-state index in [0.717, 1.165) is 30.4 Å². The molecule has 2 N–H and O–H groups in total. The Labute approximate surface area is 121 Å². The zero-order valence-corrected chi connectivity index (χ0v) is 12.6. The second-order valence-corrected chi connectivity index (χ2v) is 4.30. The lowest BCUT2D eigenvalue weighted by Crippen LogP contribution is -2.39. The van der Waals surface area contributed by atoms with Crippen LogP contribution in [-0.2, 0) is 0 Å². The van der Waals surface area contributed by atoms with Gasteiger partial charge in [-0.05, 0) is 30.7 Å². The van der Waals surface area contributed by atoms with Gasteiger partial charge in [-0.3, -0.25) is 4.99 Å². The fourth-order valence-electron chi connectivity index (χ4n) is 1.61. The molecule has 0 bridgehead atoms. The van der Waals surface area contributed by atoms with Crippen LogP contribution in [0.25, 0.3) is 0 Å². The predicted octanol–water partition coefficient (Wildman–Crippen LogP) is 2.04. The first-order chi connectivity index (χ1) is 9.80. The van der Waals surface area contributed by atoms with E-state index >= 15 is 0 Å². The van der Waals surface area contributed by atoms with Crippen molar-refractivity contribution in [2.45, 2.75) is 19.8 Å². The van der Waals surface area contributed by atoms with Crippen molar-refractivity contribution in [2.24, 2.45) is 4.99 Å².